The summed E-state index contributed by atoms with van der Waals surface area (Å²) in [7, 11) is 1.57. The van der Waals surface area contributed by atoms with Crippen molar-refractivity contribution >= 4 is 32.6 Å². The summed E-state index contributed by atoms with van der Waals surface area (Å²) in [6.07, 6.45) is 1.76. The van der Waals surface area contributed by atoms with Crippen molar-refractivity contribution in [3.05, 3.63) is 63.8 Å². The number of H-pyrrole nitrogens is 1. The first kappa shape index (κ1) is 13.9. The largest absolute Gasteiger partial charge is 0.496 e. The number of fused-ring (bicyclic) bond motifs is 1. The first-order valence-corrected chi connectivity index (χ1v) is 7.35. The molecule has 21 heavy (non-hydrogen) atoms. The van der Waals surface area contributed by atoms with Crippen molar-refractivity contribution in [1.29, 1.82) is 0 Å². The molecule has 3 rings (SSSR count). The normalized spacial score (nSPS) is 10.8. The Morgan fingerprint density at radius 3 is 2.71 bits per heavy atom. The molecule has 0 saturated heterocycles. The number of carbonyl (C=O) groups excluding carboxylic acids is 1. The minimum Gasteiger partial charge on any atom is -0.496 e. The number of benzene rings is 2. The second kappa shape index (κ2) is 5.37. The third-order valence-corrected chi connectivity index (χ3v) is 3.98. The SMILES string of the molecule is COc1cc(Br)ccc1C(=O)c1c[nH]c2cc(C)ccc12. The molecule has 0 amide bonds. The first-order valence-electron chi connectivity index (χ1n) is 6.56. The molecule has 0 spiro atoms. The topological polar surface area (TPSA) is 42.1 Å². The summed E-state index contributed by atoms with van der Waals surface area (Å²) in [6, 6.07) is 11.4. The second-order valence-electron chi connectivity index (χ2n) is 4.93. The number of hydrogen-bond donors (Lipinski definition) is 1. The highest BCUT2D eigenvalue weighted by atomic mass is 79.9. The van der Waals surface area contributed by atoms with Gasteiger partial charge < -0.3 is 9.72 Å². The smallest absolute Gasteiger partial charge is 0.198 e. The molecular formula is C17H14BrNO2. The van der Waals surface area contributed by atoms with Crippen LogP contribution in [-0.4, -0.2) is 17.9 Å². The van der Waals surface area contributed by atoms with Crippen LogP contribution in [-0.2, 0) is 0 Å². The number of ether oxygens (including phenoxy) is 1. The van der Waals surface area contributed by atoms with Gasteiger partial charge in [0, 0.05) is 27.1 Å². The van der Waals surface area contributed by atoms with Crippen LogP contribution in [0.5, 0.6) is 5.75 Å². The van der Waals surface area contributed by atoms with Crippen LogP contribution in [0.2, 0.25) is 0 Å². The molecule has 0 aliphatic rings. The molecule has 3 aromatic rings. The Morgan fingerprint density at radius 1 is 1.14 bits per heavy atom. The van der Waals surface area contributed by atoms with Crippen LogP contribution in [0.25, 0.3) is 10.9 Å². The minimum atomic E-state index is -0.0468. The highest BCUT2D eigenvalue weighted by Crippen LogP contribution is 2.28. The summed E-state index contributed by atoms with van der Waals surface area (Å²) >= 11 is 3.39. The van der Waals surface area contributed by atoms with Crippen molar-refractivity contribution in [2.24, 2.45) is 0 Å². The maximum atomic E-state index is 12.8. The third-order valence-electron chi connectivity index (χ3n) is 3.49. The zero-order chi connectivity index (χ0) is 15.0. The maximum absolute atomic E-state index is 12.8. The van der Waals surface area contributed by atoms with Crippen LogP contribution in [0, 0.1) is 6.92 Å². The number of methoxy groups -OCH3 is 1. The number of hydrogen-bond acceptors (Lipinski definition) is 2. The van der Waals surface area contributed by atoms with E-state index in [-0.39, 0.29) is 5.78 Å². The van der Waals surface area contributed by atoms with Gasteiger partial charge in [-0.15, -0.1) is 0 Å². The van der Waals surface area contributed by atoms with Crippen molar-refractivity contribution in [2.75, 3.05) is 7.11 Å². The molecule has 0 unspecified atom stereocenters. The van der Waals surface area contributed by atoms with E-state index >= 15 is 0 Å². The zero-order valence-electron chi connectivity index (χ0n) is 11.7. The van der Waals surface area contributed by atoms with E-state index in [9.17, 15) is 4.79 Å². The van der Waals surface area contributed by atoms with Gasteiger partial charge in [-0.2, -0.15) is 0 Å². The van der Waals surface area contributed by atoms with Gasteiger partial charge in [0.25, 0.3) is 0 Å². The number of aryl methyl sites for hydroxylation is 1. The first-order chi connectivity index (χ1) is 10.1. The number of halogens is 1. The van der Waals surface area contributed by atoms with Gasteiger partial charge in [0.2, 0.25) is 0 Å². The molecule has 1 aromatic heterocycles. The molecule has 0 aliphatic heterocycles. The van der Waals surface area contributed by atoms with E-state index in [4.69, 9.17) is 4.74 Å². The monoisotopic (exact) mass is 343 g/mol. The summed E-state index contributed by atoms with van der Waals surface area (Å²) in [4.78, 5) is 15.9. The van der Waals surface area contributed by atoms with Crippen molar-refractivity contribution < 1.29 is 9.53 Å². The lowest BCUT2D eigenvalue weighted by Gasteiger charge is -2.07. The van der Waals surface area contributed by atoms with Gasteiger partial charge in [0.05, 0.1) is 12.7 Å². The summed E-state index contributed by atoms with van der Waals surface area (Å²) in [5.74, 6) is 0.519. The van der Waals surface area contributed by atoms with Gasteiger partial charge in [0.1, 0.15) is 5.75 Å². The fraction of sp³-hybridized carbons (Fsp3) is 0.118. The molecule has 0 bridgehead atoms. The highest BCUT2D eigenvalue weighted by molar-refractivity contribution is 9.10. The molecule has 106 valence electrons. The lowest BCUT2D eigenvalue weighted by atomic mass is 10.0. The average molecular weight is 344 g/mol. The van der Waals surface area contributed by atoms with E-state index in [1.54, 1.807) is 25.4 Å². The molecule has 3 nitrogen and oxygen atoms in total. The van der Waals surface area contributed by atoms with Crippen molar-refractivity contribution in [3.8, 4) is 5.75 Å². The van der Waals surface area contributed by atoms with Crippen molar-refractivity contribution in [3.63, 3.8) is 0 Å². The van der Waals surface area contributed by atoms with E-state index in [0.29, 0.717) is 16.9 Å². The number of aromatic nitrogens is 1. The highest BCUT2D eigenvalue weighted by Gasteiger charge is 2.18. The Hall–Kier alpha value is -2.07. The third kappa shape index (κ3) is 2.47. The molecule has 0 aliphatic carbocycles. The zero-order valence-corrected chi connectivity index (χ0v) is 13.3. The van der Waals surface area contributed by atoms with Gasteiger partial charge in [-0.3, -0.25) is 4.79 Å². The molecule has 0 fully saturated rings. The Kier molecular flexibility index (Phi) is 3.55. The minimum absolute atomic E-state index is 0.0468. The molecule has 0 saturated carbocycles. The van der Waals surface area contributed by atoms with E-state index in [1.165, 1.54) is 0 Å². The fourth-order valence-electron chi connectivity index (χ4n) is 2.43. The Balaban J connectivity index is 2.13. The van der Waals surface area contributed by atoms with E-state index in [0.717, 1.165) is 20.9 Å². The standard InChI is InChI=1S/C17H14BrNO2/c1-10-3-5-12-14(9-19-15(12)7-10)17(20)13-6-4-11(18)8-16(13)21-2/h3-9,19H,1-2H3. The van der Waals surface area contributed by atoms with Crippen LogP contribution in [0.15, 0.2) is 47.1 Å². The number of rotatable bonds is 3. The van der Waals surface area contributed by atoms with Gasteiger partial charge in [-0.1, -0.05) is 28.1 Å². The Morgan fingerprint density at radius 2 is 1.95 bits per heavy atom. The van der Waals surface area contributed by atoms with Gasteiger partial charge in [-0.05, 0) is 36.8 Å². The van der Waals surface area contributed by atoms with Crippen molar-refractivity contribution in [2.45, 2.75) is 6.92 Å². The van der Waals surface area contributed by atoms with Crippen LogP contribution in [0.1, 0.15) is 21.5 Å². The molecule has 2 aromatic carbocycles. The molecule has 0 radical (unpaired) electrons. The van der Waals surface area contributed by atoms with E-state index in [2.05, 4.69) is 20.9 Å². The van der Waals surface area contributed by atoms with Crippen molar-refractivity contribution in [1.82, 2.24) is 4.98 Å². The van der Waals surface area contributed by atoms with Gasteiger partial charge in [0.15, 0.2) is 5.78 Å². The average Bonchev–Trinajstić information content (AvgIpc) is 2.89. The molecular weight excluding hydrogens is 330 g/mol. The van der Waals surface area contributed by atoms with Gasteiger partial charge in [-0.25, -0.2) is 0 Å². The predicted octanol–water partition coefficient (Wildman–Crippen LogP) is 4.48. The maximum Gasteiger partial charge on any atom is 0.198 e. The van der Waals surface area contributed by atoms with E-state index < -0.39 is 0 Å². The lowest BCUT2D eigenvalue weighted by Crippen LogP contribution is -2.03. The Labute approximate surface area is 131 Å². The summed E-state index contributed by atoms with van der Waals surface area (Å²) < 4.78 is 6.20. The molecule has 1 N–H and O–H groups in total. The summed E-state index contributed by atoms with van der Waals surface area (Å²) in [5.41, 5.74) is 3.34. The number of nitrogens with one attached hydrogen (secondary N) is 1. The lowest BCUT2D eigenvalue weighted by molar-refractivity contribution is 0.103. The Bertz CT molecular complexity index is 836. The summed E-state index contributed by atoms with van der Waals surface area (Å²) in [6.45, 7) is 2.03. The molecule has 4 heteroatoms. The molecule has 0 atom stereocenters. The number of ketones is 1. The quantitative estimate of drug-likeness (QED) is 0.712. The predicted molar refractivity (Wildman–Crippen MR) is 87.2 cm³/mol. The van der Waals surface area contributed by atoms with Crippen LogP contribution in [0.3, 0.4) is 0 Å². The fourth-order valence-corrected chi connectivity index (χ4v) is 2.77. The van der Waals surface area contributed by atoms with Gasteiger partial charge >= 0.3 is 0 Å². The van der Waals surface area contributed by atoms with Crippen LogP contribution >= 0.6 is 15.9 Å². The summed E-state index contributed by atoms with van der Waals surface area (Å²) in [5, 5.41) is 0.926. The number of carbonyl (C=O) groups is 1. The van der Waals surface area contributed by atoms with Crippen LogP contribution in [0.4, 0.5) is 0 Å². The van der Waals surface area contributed by atoms with E-state index in [1.807, 2.05) is 31.2 Å². The van der Waals surface area contributed by atoms with Crippen LogP contribution < -0.4 is 4.74 Å². The number of aromatic amines is 1. The second-order valence-corrected chi connectivity index (χ2v) is 5.84. The molecule has 1 heterocycles.